The van der Waals surface area contributed by atoms with Gasteiger partial charge in [-0.3, -0.25) is 4.79 Å². The second kappa shape index (κ2) is 13.3. The Labute approximate surface area is 133 Å². The minimum absolute atomic E-state index is 0.224. The third-order valence-corrected chi connectivity index (χ3v) is 6.72. The number of nitrogens with one attached hydrogen (secondary N) is 1. The zero-order valence-corrected chi connectivity index (χ0v) is 15.8. The second-order valence-corrected chi connectivity index (χ2v) is 11.1. The number of hydrogen-bond acceptors (Lipinski definition) is 2. The highest BCUT2D eigenvalue weighted by molar-refractivity contribution is 6.71. The molecule has 1 N–H and O–H groups in total. The van der Waals surface area contributed by atoms with E-state index in [1.807, 2.05) is 7.11 Å². The smallest absolute Gasteiger partial charge is 0.219 e. The highest BCUT2D eigenvalue weighted by atomic mass is 28.4. The highest BCUT2D eigenvalue weighted by Crippen LogP contribution is 2.16. The summed E-state index contributed by atoms with van der Waals surface area (Å²) in [5.74, 6) is 0.224. The minimum Gasteiger partial charge on any atom is -0.420 e. The van der Waals surface area contributed by atoms with E-state index in [4.69, 9.17) is 4.43 Å². The first kappa shape index (κ1) is 20.6. The summed E-state index contributed by atoms with van der Waals surface area (Å²) < 4.78 is 5.56. The average Bonchev–Trinajstić information content (AvgIpc) is 2.47. The monoisotopic (exact) mass is 315 g/mol. The van der Waals surface area contributed by atoms with Crippen molar-refractivity contribution in [2.45, 2.75) is 90.3 Å². The Bertz CT molecular complexity index is 257. The normalized spacial score (nSPS) is 11.6. The van der Waals surface area contributed by atoms with Crippen molar-refractivity contribution in [3.8, 4) is 0 Å². The molecule has 0 aliphatic heterocycles. The summed E-state index contributed by atoms with van der Waals surface area (Å²) in [6.07, 6.45) is 11.9. The first-order valence-electron chi connectivity index (χ1n) is 8.83. The molecule has 0 atom stereocenters. The van der Waals surface area contributed by atoms with E-state index in [-0.39, 0.29) is 5.91 Å². The molecule has 21 heavy (non-hydrogen) atoms. The zero-order valence-electron chi connectivity index (χ0n) is 14.8. The molecular weight excluding hydrogens is 278 g/mol. The zero-order chi connectivity index (χ0) is 16.0. The standard InChI is InChI=1S/C17H37NO2Si/c1-5-15-18-17(19)14-12-10-8-6-7-9-11-13-16-21(3,4)20-2/h5-16H2,1-4H3,(H,18,19). The molecule has 0 radical (unpaired) electrons. The third kappa shape index (κ3) is 14.4. The van der Waals surface area contributed by atoms with Crippen molar-refractivity contribution in [3.63, 3.8) is 0 Å². The Hall–Kier alpha value is -0.353. The van der Waals surface area contributed by atoms with Crippen molar-refractivity contribution in [2.75, 3.05) is 13.7 Å². The molecular formula is C17H37NO2Si. The largest absolute Gasteiger partial charge is 0.420 e. The van der Waals surface area contributed by atoms with Crippen molar-refractivity contribution in [2.24, 2.45) is 0 Å². The van der Waals surface area contributed by atoms with Crippen molar-refractivity contribution < 1.29 is 9.22 Å². The molecule has 0 rings (SSSR count). The molecule has 0 heterocycles. The number of carbonyl (C=O) groups is 1. The molecule has 0 bridgehead atoms. The Morgan fingerprint density at radius 3 is 2.00 bits per heavy atom. The van der Waals surface area contributed by atoms with Gasteiger partial charge in [-0.1, -0.05) is 51.9 Å². The van der Waals surface area contributed by atoms with Gasteiger partial charge in [-0.25, -0.2) is 0 Å². The fourth-order valence-electron chi connectivity index (χ4n) is 2.35. The van der Waals surface area contributed by atoms with Gasteiger partial charge in [-0.2, -0.15) is 0 Å². The van der Waals surface area contributed by atoms with E-state index >= 15 is 0 Å². The fourth-order valence-corrected chi connectivity index (χ4v) is 3.66. The van der Waals surface area contributed by atoms with E-state index in [2.05, 4.69) is 25.3 Å². The SMILES string of the molecule is CCCNC(=O)CCCCCCCCCC[Si](C)(C)OC. The second-order valence-electron chi connectivity index (χ2n) is 6.64. The van der Waals surface area contributed by atoms with Crippen LogP contribution in [0.25, 0.3) is 0 Å². The average molecular weight is 316 g/mol. The molecule has 0 spiro atoms. The van der Waals surface area contributed by atoms with Crippen LogP contribution in [0.3, 0.4) is 0 Å². The van der Waals surface area contributed by atoms with Gasteiger partial charge in [-0.05, 0) is 32.0 Å². The molecule has 0 aliphatic carbocycles. The number of rotatable bonds is 14. The van der Waals surface area contributed by atoms with Gasteiger partial charge in [0.25, 0.3) is 0 Å². The molecule has 0 aromatic carbocycles. The molecule has 1 amide bonds. The van der Waals surface area contributed by atoms with Crippen LogP contribution in [0.4, 0.5) is 0 Å². The Morgan fingerprint density at radius 2 is 1.48 bits per heavy atom. The summed E-state index contributed by atoms with van der Waals surface area (Å²) >= 11 is 0. The van der Waals surface area contributed by atoms with Crippen LogP contribution < -0.4 is 5.32 Å². The van der Waals surface area contributed by atoms with Gasteiger partial charge in [-0.15, -0.1) is 0 Å². The molecule has 126 valence electrons. The lowest BCUT2D eigenvalue weighted by molar-refractivity contribution is -0.121. The van der Waals surface area contributed by atoms with Crippen LogP contribution >= 0.6 is 0 Å². The predicted molar refractivity (Wildman–Crippen MR) is 94.2 cm³/mol. The van der Waals surface area contributed by atoms with Crippen LogP contribution in [0.1, 0.15) is 71.1 Å². The summed E-state index contributed by atoms with van der Waals surface area (Å²) in [4.78, 5) is 11.4. The topological polar surface area (TPSA) is 38.3 Å². The number of unbranched alkanes of at least 4 members (excludes halogenated alkanes) is 7. The maximum absolute atomic E-state index is 11.4. The summed E-state index contributed by atoms with van der Waals surface area (Å²) in [6.45, 7) is 7.49. The lowest BCUT2D eigenvalue weighted by atomic mass is 10.1. The Balaban J connectivity index is 3.21. The van der Waals surface area contributed by atoms with Crippen molar-refractivity contribution >= 4 is 14.2 Å². The van der Waals surface area contributed by atoms with Gasteiger partial charge < -0.3 is 9.74 Å². The van der Waals surface area contributed by atoms with E-state index in [1.54, 1.807) is 0 Å². The van der Waals surface area contributed by atoms with Gasteiger partial charge >= 0.3 is 0 Å². The maximum atomic E-state index is 11.4. The summed E-state index contributed by atoms with van der Waals surface area (Å²) in [6, 6.07) is 1.29. The van der Waals surface area contributed by atoms with Gasteiger partial charge in [0.15, 0.2) is 8.32 Å². The van der Waals surface area contributed by atoms with E-state index in [9.17, 15) is 4.79 Å². The summed E-state index contributed by atoms with van der Waals surface area (Å²) in [7, 11) is 0.534. The van der Waals surface area contributed by atoms with Crippen LogP contribution in [0.5, 0.6) is 0 Å². The van der Waals surface area contributed by atoms with Crippen molar-refractivity contribution in [1.82, 2.24) is 5.32 Å². The molecule has 0 fully saturated rings. The van der Waals surface area contributed by atoms with Crippen LogP contribution in [0, 0.1) is 0 Å². The summed E-state index contributed by atoms with van der Waals surface area (Å²) in [5.41, 5.74) is 0. The van der Waals surface area contributed by atoms with Gasteiger partial charge in [0, 0.05) is 20.1 Å². The minimum atomic E-state index is -1.32. The maximum Gasteiger partial charge on any atom is 0.219 e. The van der Waals surface area contributed by atoms with Crippen LogP contribution in [0.2, 0.25) is 19.1 Å². The number of hydrogen-bond donors (Lipinski definition) is 1. The van der Waals surface area contributed by atoms with E-state index in [0.29, 0.717) is 6.42 Å². The Kier molecular flexibility index (Phi) is 13.1. The van der Waals surface area contributed by atoms with Crippen molar-refractivity contribution in [1.29, 1.82) is 0 Å². The van der Waals surface area contributed by atoms with Crippen molar-refractivity contribution in [3.05, 3.63) is 0 Å². The lowest BCUT2D eigenvalue weighted by Gasteiger charge is -2.19. The Morgan fingerprint density at radius 1 is 0.952 bits per heavy atom. The molecule has 0 aromatic rings. The summed E-state index contributed by atoms with van der Waals surface area (Å²) in [5, 5.41) is 2.93. The van der Waals surface area contributed by atoms with Gasteiger partial charge in [0.2, 0.25) is 5.91 Å². The molecule has 0 aliphatic rings. The molecule has 3 nitrogen and oxygen atoms in total. The van der Waals surface area contributed by atoms with E-state index < -0.39 is 8.32 Å². The number of carbonyl (C=O) groups excluding carboxylic acids is 1. The first-order valence-corrected chi connectivity index (χ1v) is 11.9. The van der Waals surface area contributed by atoms with E-state index in [0.717, 1.165) is 19.4 Å². The predicted octanol–water partition coefficient (Wildman–Crippen LogP) is 4.88. The van der Waals surface area contributed by atoms with Crippen LogP contribution in [-0.2, 0) is 9.22 Å². The van der Waals surface area contributed by atoms with Gasteiger partial charge in [0.05, 0.1) is 0 Å². The van der Waals surface area contributed by atoms with E-state index in [1.165, 1.54) is 51.0 Å². The quantitative estimate of drug-likeness (QED) is 0.367. The first-order chi connectivity index (χ1) is 10.0. The molecule has 4 heteroatoms. The fraction of sp³-hybridized carbons (Fsp3) is 0.941. The van der Waals surface area contributed by atoms with Crippen LogP contribution in [0.15, 0.2) is 0 Å². The molecule has 0 saturated carbocycles. The lowest BCUT2D eigenvalue weighted by Crippen LogP contribution is -2.27. The molecule has 0 unspecified atom stereocenters. The molecule has 0 aromatic heterocycles. The highest BCUT2D eigenvalue weighted by Gasteiger charge is 2.18. The number of amides is 1. The molecule has 0 saturated heterocycles. The third-order valence-electron chi connectivity index (χ3n) is 4.06. The van der Waals surface area contributed by atoms with Gasteiger partial charge in [0.1, 0.15) is 0 Å². The van der Waals surface area contributed by atoms with Crippen LogP contribution in [-0.4, -0.2) is 27.9 Å².